The number of ether oxygens (including phenoxy) is 1. The van der Waals surface area contributed by atoms with E-state index in [1.165, 1.54) is 11.3 Å². The minimum absolute atomic E-state index is 0.834. The third kappa shape index (κ3) is 4.09. The Kier molecular flexibility index (Phi) is 5.41. The van der Waals surface area contributed by atoms with Gasteiger partial charge in [-0.1, -0.05) is 33.6 Å². The minimum Gasteiger partial charge on any atom is -0.496 e. The Labute approximate surface area is 151 Å². The highest BCUT2D eigenvalue weighted by Crippen LogP contribution is 2.22. The summed E-state index contributed by atoms with van der Waals surface area (Å²) < 4.78 is 6.41. The quantitative estimate of drug-likeness (QED) is 0.744. The van der Waals surface area contributed by atoms with Crippen molar-refractivity contribution in [1.29, 1.82) is 0 Å². The molecule has 0 radical (unpaired) electrons. The zero-order valence-corrected chi connectivity index (χ0v) is 15.7. The lowest BCUT2D eigenvalue weighted by molar-refractivity contribution is 0.272. The van der Waals surface area contributed by atoms with Crippen LogP contribution in [0.3, 0.4) is 0 Å². The molecular formula is C19H22BrN3O. The van der Waals surface area contributed by atoms with Gasteiger partial charge in [0.05, 0.1) is 26.4 Å². The van der Waals surface area contributed by atoms with Crippen molar-refractivity contribution in [3.8, 4) is 5.75 Å². The molecule has 24 heavy (non-hydrogen) atoms. The average Bonchev–Trinajstić information content (AvgIpc) is 2.61. The first-order chi connectivity index (χ1) is 11.7. The second-order valence-corrected chi connectivity index (χ2v) is 6.82. The van der Waals surface area contributed by atoms with Gasteiger partial charge in [-0.05, 0) is 37.3 Å². The maximum absolute atomic E-state index is 5.39. The van der Waals surface area contributed by atoms with Crippen LogP contribution >= 0.6 is 15.9 Å². The molecule has 0 amide bonds. The number of rotatable bonds is 4. The third-order valence-corrected chi connectivity index (χ3v) is 4.70. The van der Waals surface area contributed by atoms with Gasteiger partial charge in [0.1, 0.15) is 5.75 Å². The van der Waals surface area contributed by atoms with E-state index in [0.717, 1.165) is 42.0 Å². The highest BCUT2D eigenvalue weighted by atomic mass is 79.9. The Morgan fingerprint density at radius 2 is 1.75 bits per heavy atom. The van der Waals surface area contributed by atoms with Gasteiger partial charge in [0.25, 0.3) is 0 Å². The number of halogens is 1. The van der Waals surface area contributed by atoms with Gasteiger partial charge in [0, 0.05) is 28.8 Å². The number of methoxy groups -OCH3 is 1. The Hall–Kier alpha value is -2.01. The lowest BCUT2D eigenvalue weighted by atomic mass is 10.2. The smallest absolute Gasteiger partial charge is 0.127 e. The zero-order chi connectivity index (χ0) is 16.9. The number of anilines is 1. The average molecular weight is 388 g/mol. The highest BCUT2D eigenvalue weighted by Gasteiger charge is 2.15. The summed E-state index contributed by atoms with van der Waals surface area (Å²) in [5.74, 6) is 0.834. The molecule has 1 heterocycles. The van der Waals surface area contributed by atoms with Crippen LogP contribution in [0.1, 0.15) is 11.1 Å². The summed E-state index contributed by atoms with van der Waals surface area (Å²) in [4.78, 5) is 2.41. The van der Waals surface area contributed by atoms with Crippen LogP contribution in [0.25, 0.3) is 0 Å². The molecule has 126 valence electrons. The van der Waals surface area contributed by atoms with Crippen molar-refractivity contribution in [2.45, 2.75) is 6.92 Å². The monoisotopic (exact) mass is 387 g/mol. The van der Waals surface area contributed by atoms with Crippen molar-refractivity contribution in [3.05, 3.63) is 58.1 Å². The van der Waals surface area contributed by atoms with E-state index in [4.69, 9.17) is 4.74 Å². The molecule has 4 nitrogen and oxygen atoms in total. The highest BCUT2D eigenvalue weighted by molar-refractivity contribution is 9.10. The van der Waals surface area contributed by atoms with E-state index >= 15 is 0 Å². The molecule has 0 aromatic heterocycles. The number of hydrazone groups is 1. The van der Waals surface area contributed by atoms with Crippen molar-refractivity contribution >= 4 is 27.8 Å². The summed E-state index contributed by atoms with van der Waals surface area (Å²) in [5.41, 5.74) is 3.57. The summed E-state index contributed by atoms with van der Waals surface area (Å²) in [5, 5.41) is 6.74. The predicted molar refractivity (Wildman–Crippen MR) is 103 cm³/mol. The van der Waals surface area contributed by atoms with Crippen LogP contribution in [-0.4, -0.2) is 44.5 Å². The number of hydrogen-bond acceptors (Lipinski definition) is 4. The summed E-state index contributed by atoms with van der Waals surface area (Å²) in [6.45, 7) is 5.92. The van der Waals surface area contributed by atoms with Gasteiger partial charge in [0.2, 0.25) is 0 Å². The molecule has 0 saturated carbocycles. The SMILES string of the molecule is COc1ccc(Br)cc1/C=N\N1CCN(c2ccc(C)cc2)CC1. The molecule has 0 spiro atoms. The van der Waals surface area contributed by atoms with E-state index in [9.17, 15) is 0 Å². The Balaban J connectivity index is 1.61. The lowest BCUT2D eigenvalue weighted by Crippen LogP contribution is -2.44. The van der Waals surface area contributed by atoms with E-state index < -0.39 is 0 Å². The van der Waals surface area contributed by atoms with Crippen LogP contribution in [0.5, 0.6) is 5.75 Å². The summed E-state index contributed by atoms with van der Waals surface area (Å²) in [7, 11) is 1.68. The first-order valence-electron chi connectivity index (χ1n) is 8.10. The number of nitrogens with zero attached hydrogens (tertiary/aromatic N) is 3. The van der Waals surface area contributed by atoms with Crippen LogP contribution < -0.4 is 9.64 Å². The number of benzene rings is 2. The number of hydrogen-bond donors (Lipinski definition) is 0. The Bertz CT molecular complexity index is 707. The van der Waals surface area contributed by atoms with Gasteiger partial charge >= 0.3 is 0 Å². The molecule has 5 heteroatoms. The van der Waals surface area contributed by atoms with Crippen molar-refractivity contribution in [1.82, 2.24) is 5.01 Å². The standard InChI is InChI=1S/C19H22BrN3O/c1-15-3-6-18(7-4-15)22-9-11-23(12-10-22)21-14-16-13-17(20)5-8-19(16)24-2/h3-8,13-14H,9-12H2,1-2H3/b21-14-. The molecule has 0 atom stereocenters. The normalized spacial score (nSPS) is 15.1. The van der Waals surface area contributed by atoms with Gasteiger partial charge < -0.3 is 9.64 Å². The number of piperazine rings is 1. The summed E-state index contributed by atoms with van der Waals surface area (Å²) >= 11 is 3.49. The maximum Gasteiger partial charge on any atom is 0.127 e. The molecule has 3 rings (SSSR count). The molecule has 1 aliphatic heterocycles. The molecule has 1 fully saturated rings. The molecule has 0 N–H and O–H groups in total. The maximum atomic E-state index is 5.39. The van der Waals surface area contributed by atoms with Crippen LogP contribution in [0.2, 0.25) is 0 Å². The molecule has 0 unspecified atom stereocenters. The first-order valence-corrected chi connectivity index (χ1v) is 8.89. The zero-order valence-electron chi connectivity index (χ0n) is 14.1. The van der Waals surface area contributed by atoms with Crippen LogP contribution in [0, 0.1) is 6.92 Å². The molecule has 2 aromatic carbocycles. The van der Waals surface area contributed by atoms with Crippen molar-refractivity contribution in [3.63, 3.8) is 0 Å². The topological polar surface area (TPSA) is 28.1 Å². The van der Waals surface area contributed by atoms with E-state index in [2.05, 4.69) is 62.1 Å². The fraction of sp³-hybridized carbons (Fsp3) is 0.316. The van der Waals surface area contributed by atoms with Crippen molar-refractivity contribution in [2.75, 3.05) is 38.2 Å². The second kappa shape index (κ2) is 7.71. The largest absolute Gasteiger partial charge is 0.496 e. The second-order valence-electron chi connectivity index (χ2n) is 5.91. The van der Waals surface area contributed by atoms with Gasteiger partial charge in [-0.2, -0.15) is 5.10 Å². The van der Waals surface area contributed by atoms with Crippen LogP contribution in [-0.2, 0) is 0 Å². The molecule has 0 bridgehead atoms. The van der Waals surface area contributed by atoms with Crippen molar-refractivity contribution in [2.24, 2.45) is 5.10 Å². The van der Waals surface area contributed by atoms with Crippen LogP contribution in [0.15, 0.2) is 52.0 Å². The lowest BCUT2D eigenvalue weighted by Gasteiger charge is -2.34. The van der Waals surface area contributed by atoms with E-state index in [-0.39, 0.29) is 0 Å². The molecule has 0 aliphatic carbocycles. The fourth-order valence-electron chi connectivity index (χ4n) is 2.78. The fourth-order valence-corrected chi connectivity index (χ4v) is 3.15. The van der Waals surface area contributed by atoms with Crippen molar-refractivity contribution < 1.29 is 4.74 Å². The Morgan fingerprint density at radius 3 is 2.42 bits per heavy atom. The van der Waals surface area contributed by atoms with E-state index in [0.29, 0.717) is 0 Å². The third-order valence-electron chi connectivity index (χ3n) is 4.21. The molecule has 1 aliphatic rings. The van der Waals surface area contributed by atoms with Gasteiger partial charge in [-0.3, -0.25) is 5.01 Å². The molecule has 1 saturated heterocycles. The minimum atomic E-state index is 0.834. The van der Waals surface area contributed by atoms with E-state index in [1.807, 2.05) is 24.4 Å². The molecule has 2 aromatic rings. The number of aryl methyl sites for hydroxylation is 1. The summed E-state index contributed by atoms with van der Waals surface area (Å²) in [6.07, 6.45) is 1.88. The predicted octanol–water partition coefficient (Wildman–Crippen LogP) is 3.92. The first kappa shape index (κ1) is 16.8. The van der Waals surface area contributed by atoms with Gasteiger partial charge in [-0.25, -0.2) is 0 Å². The Morgan fingerprint density at radius 1 is 1.04 bits per heavy atom. The van der Waals surface area contributed by atoms with Crippen LogP contribution in [0.4, 0.5) is 5.69 Å². The van der Waals surface area contributed by atoms with Gasteiger partial charge in [0.15, 0.2) is 0 Å². The van der Waals surface area contributed by atoms with Gasteiger partial charge in [-0.15, -0.1) is 0 Å². The summed E-state index contributed by atoms with van der Waals surface area (Å²) in [6, 6.07) is 14.7. The van der Waals surface area contributed by atoms with E-state index in [1.54, 1.807) is 7.11 Å². The molecular weight excluding hydrogens is 366 g/mol.